The minimum absolute atomic E-state index is 0.569. The van der Waals surface area contributed by atoms with Crippen molar-refractivity contribution in [2.75, 3.05) is 20.1 Å². The summed E-state index contributed by atoms with van der Waals surface area (Å²) in [6.45, 7) is 16.6. The minimum Gasteiger partial charge on any atom is -0.306 e. The quantitative estimate of drug-likeness (QED) is 0.320. The molecule has 8 bridgehead atoms. The average Bonchev–Trinajstić information content (AvgIpc) is 2.97. The zero-order valence-corrected chi connectivity index (χ0v) is 27.4. The average molecular weight is 548 g/mol. The van der Waals surface area contributed by atoms with Gasteiger partial charge in [0.2, 0.25) is 0 Å². The summed E-state index contributed by atoms with van der Waals surface area (Å²) in [5.74, 6) is 15.5. The van der Waals surface area contributed by atoms with Crippen molar-refractivity contribution >= 4 is 0 Å². The molecule has 10 aliphatic carbocycles. The monoisotopic (exact) mass is 548 g/mol. The van der Waals surface area contributed by atoms with Gasteiger partial charge in [0.1, 0.15) is 0 Å². The number of rotatable bonds is 6. The van der Waals surface area contributed by atoms with E-state index in [9.17, 15) is 0 Å². The molecular formula is C39H65N. The first-order chi connectivity index (χ1) is 19.2. The smallest absolute Gasteiger partial charge is 0.000980 e. The van der Waals surface area contributed by atoms with Gasteiger partial charge >= 0.3 is 0 Å². The van der Waals surface area contributed by atoms with Gasteiger partial charge in [0, 0.05) is 13.1 Å². The fourth-order valence-corrected chi connectivity index (χ4v) is 15.8. The molecule has 40 heavy (non-hydrogen) atoms. The molecule has 1 nitrogen and oxygen atoms in total. The second-order valence-corrected chi connectivity index (χ2v) is 18.9. The molecule has 0 aromatic carbocycles. The van der Waals surface area contributed by atoms with Crippen molar-refractivity contribution < 1.29 is 0 Å². The molecule has 11 fully saturated rings. The van der Waals surface area contributed by atoms with Gasteiger partial charge in [0.05, 0.1) is 0 Å². The summed E-state index contributed by atoms with van der Waals surface area (Å²) in [4.78, 5) is 2.64. The predicted octanol–water partition coefficient (Wildman–Crippen LogP) is 9.80. The van der Waals surface area contributed by atoms with Crippen LogP contribution in [0.5, 0.6) is 0 Å². The lowest BCUT2D eigenvalue weighted by molar-refractivity contribution is -0.163. The summed E-state index contributed by atoms with van der Waals surface area (Å²) in [5, 5.41) is 0. The molecule has 11 rings (SSSR count). The molecule has 9 unspecified atom stereocenters. The third-order valence-electron chi connectivity index (χ3n) is 17.7. The number of piperidine rings is 2. The first-order valence-electron chi connectivity index (χ1n) is 18.9. The van der Waals surface area contributed by atoms with E-state index in [4.69, 9.17) is 0 Å². The molecule has 1 aliphatic heterocycles. The maximum absolute atomic E-state index is 2.82. The molecule has 226 valence electrons. The molecule has 11 atom stereocenters. The zero-order chi connectivity index (χ0) is 27.6. The Morgan fingerprint density at radius 3 is 1.95 bits per heavy atom. The first kappa shape index (κ1) is 27.5. The van der Waals surface area contributed by atoms with Crippen LogP contribution in [0.3, 0.4) is 0 Å². The first-order valence-corrected chi connectivity index (χ1v) is 18.9. The Balaban J connectivity index is 1.01. The van der Waals surface area contributed by atoms with Crippen LogP contribution in [0.1, 0.15) is 125 Å². The Bertz CT molecular complexity index is 920. The van der Waals surface area contributed by atoms with Gasteiger partial charge in [-0.25, -0.2) is 0 Å². The second-order valence-electron chi connectivity index (χ2n) is 18.9. The number of nitrogens with zero attached hydrogens (tertiary/aromatic N) is 1. The van der Waals surface area contributed by atoms with Gasteiger partial charge in [-0.2, -0.15) is 0 Å². The van der Waals surface area contributed by atoms with Gasteiger partial charge in [-0.3, -0.25) is 0 Å². The fourth-order valence-electron chi connectivity index (χ4n) is 15.8. The lowest BCUT2D eigenvalue weighted by Gasteiger charge is -2.65. The highest BCUT2D eigenvalue weighted by Gasteiger charge is 2.61. The molecule has 1 heterocycles. The van der Waals surface area contributed by atoms with Crippen LogP contribution < -0.4 is 0 Å². The number of fused-ring (bicyclic) bond motifs is 12. The van der Waals surface area contributed by atoms with Crippen LogP contribution in [-0.2, 0) is 0 Å². The van der Waals surface area contributed by atoms with E-state index in [2.05, 4.69) is 46.6 Å². The van der Waals surface area contributed by atoms with Crippen LogP contribution in [0.15, 0.2) is 0 Å². The van der Waals surface area contributed by atoms with Crippen molar-refractivity contribution in [2.24, 2.45) is 99.6 Å². The van der Waals surface area contributed by atoms with Crippen molar-refractivity contribution in [3.8, 4) is 0 Å². The van der Waals surface area contributed by atoms with Crippen molar-refractivity contribution in [3.63, 3.8) is 0 Å². The molecule has 0 N–H and O–H groups in total. The van der Waals surface area contributed by atoms with E-state index >= 15 is 0 Å². The van der Waals surface area contributed by atoms with Crippen LogP contribution in [-0.4, -0.2) is 25.0 Å². The van der Waals surface area contributed by atoms with Gasteiger partial charge < -0.3 is 4.90 Å². The van der Waals surface area contributed by atoms with Crippen molar-refractivity contribution in [2.45, 2.75) is 125 Å². The summed E-state index contributed by atoms with van der Waals surface area (Å²) >= 11 is 0. The largest absolute Gasteiger partial charge is 0.306 e. The Morgan fingerprint density at radius 2 is 1.32 bits per heavy atom. The van der Waals surface area contributed by atoms with Gasteiger partial charge in [-0.05, 0) is 197 Å². The minimum atomic E-state index is 0.569. The van der Waals surface area contributed by atoms with Crippen LogP contribution in [0, 0.1) is 99.6 Å². The highest BCUT2D eigenvalue weighted by atomic mass is 15.1. The number of hydrogen-bond donors (Lipinski definition) is 0. The van der Waals surface area contributed by atoms with Crippen LogP contribution in [0.4, 0.5) is 0 Å². The third kappa shape index (κ3) is 3.92. The van der Waals surface area contributed by atoms with Crippen molar-refractivity contribution in [1.82, 2.24) is 4.90 Å². The predicted molar refractivity (Wildman–Crippen MR) is 168 cm³/mol. The summed E-state index contributed by atoms with van der Waals surface area (Å²) in [6.07, 6.45) is 22.2. The maximum Gasteiger partial charge on any atom is 0.000980 e. The fraction of sp³-hybridized carbons (Fsp3) is 1.00. The van der Waals surface area contributed by atoms with E-state index < -0.39 is 0 Å². The van der Waals surface area contributed by atoms with Gasteiger partial charge in [0.15, 0.2) is 0 Å². The molecule has 0 aromatic rings. The highest BCUT2D eigenvalue weighted by Crippen LogP contribution is 2.68. The van der Waals surface area contributed by atoms with Crippen molar-refractivity contribution in [3.05, 3.63) is 0 Å². The Labute approximate surface area is 248 Å². The number of likely N-dealkylation sites (tertiary alicyclic amines) is 1. The molecule has 0 amide bonds. The molecule has 10 saturated carbocycles. The lowest BCUT2D eigenvalue weighted by atomic mass is 9.40. The summed E-state index contributed by atoms with van der Waals surface area (Å²) in [5.41, 5.74) is 1.26. The summed E-state index contributed by atoms with van der Waals surface area (Å²) in [6, 6.07) is 0. The summed E-state index contributed by atoms with van der Waals surface area (Å²) < 4.78 is 0. The third-order valence-corrected chi connectivity index (χ3v) is 17.7. The molecule has 0 spiro atoms. The molecule has 0 aromatic heterocycles. The van der Waals surface area contributed by atoms with Crippen molar-refractivity contribution in [1.29, 1.82) is 0 Å². The zero-order valence-electron chi connectivity index (χ0n) is 27.4. The Kier molecular flexibility index (Phi) is 6.69. The Hall–Kier alpha value is -0.0400. The van der Waals surface area contributed by atoms with Gasteiger partial charge in [-0.1, -0.05) is 34.6 Å². The Morgan fingerprint density at radius 1 is 0.700 bits per heavy atom. The normalized spacial score (nSPS) is 55.2. The van der Waals surface area contributed by atoms with E-state index in [1.54, 1.807) is 89.9 Å². The van der Waals surface area contributed by atoms with Crippen LogP contribution in [0.25, 0.3) is 0 Å². The van der Waals surface area contributed by atoms with E-state index in [0.717, 1.165) is 88.8 Å². The topological polar surface area (TPSA) is 3.24 Å². The van der Waals surface area contributed by atoms with Gasteiger partial charge in [0.25, 0.3) is 0 Å². The standard InChI is InChI=1S/C39H65N/c1-23(25(3)39-15-13-26(14-16-39)17-35(39)36-24(2)27-7-9-28(36)10-8-27)33-19-30-12-11-29(33)20-34(30)38(4,5)37-31-18-32(37)22-40(6)21-31/h23-37H,7-22H2,1-6H3/t23?,24-,25-,26?,27?,28?,29?,30?,31?,32?,33?,34?,35?,36?,37?,39?/m0/s1. The SMILES string of the molecule is CC(C1CC2CCC1CC2C(C)(C)C1C2CC1CN(C)C2)[C@H](C)C12CCC(CC1)CC2C1C2CCC(CC2)[C@@H]1C. The highest BCUT2D eigenvalue weighted by molar-refractivity contribution is 5.10. The maximum atomic E-state index is 2.82. The van der Waals surface area contributed by atoms with E-state index in [1.165, 1.54) is 13.1 Å². The molecule has 1 saturated heterocycles. The van der Waals surface area contributed by atoms with E-state index in [1.807, 2.05) is 0 Å². The van der Waals surface area contributed by atoms with E-state index in [-0.39, 0.29) is 0 Å². The molecule has 1 heteroatoms. The number of hydrogen-bond acceptors (Lipinski definition) is 1. The van der Waals surface area contributed by atoms with Gasteiger partial charge in [-0.15, -0.1) is 0 Å². The molecule has 0 radical (unpaired) electrons. The van der Waals surface area contributed by atoms with Crippen LogP contribution in [0.2, 0.25) is 0 Å². The van der Waals surface area contributed by atoms with Crippen LogP contribution >= 0.6 is 0 Å². The lowest BCUT2D eigenvalue weighted by Crippen LogP contribution is -2.61. The second kappa shape index (κ2) is 9.73. The summed E-state index contributed by atoms with van der Waals surface area (Å²) in [7, 11) is 2.38. The molecular weight excluding hydrogens is 482 g/mol. The molecule has 11 aliphatic rings. The van der Waals surface area contributed by atoms with E-state index in [0.29, 0.717) is 10.8 Å².